The van der Waals surface area contributed by atoms with Gasteiger partial charge in [0.15, 0.2) is 5.67 Å². The van der Waals surface area contributed by atoms with Crippen LogP contribution in [0, 0.1) is 23.5 Å². The fourth-order valence-electron chi connectivity index (χ4n) is 4.50. The van der Waals surface area contributed by atoms with Gasteiger partial charge in [-0.25, -0.2) is 18.0 Å². The van der Waals surface area contributed by atoms with E-state index in [0.717, 1.165) is 17.0 Å². The molecule has 7 nitrogen and oxygen atoms in total. The number of benzene rings is 1. The van der Waals surface area contributed by atoms with Crippen LogP contribution < -0.4 is 10.2 Å². The lowest BCUT2D eigenvalue weighted by Crippen LogP contribution is -2.33. The Labute approximate surface area is 181 Å². The highest BCUT2D eigenvalue weighted by molar-refractivity contribution is 5.90. The Morgan fingerprint density at radius 1 is 1.25 bits per heavy atom. The minimum atomic E-state index is -1.52. The SMILES string of the molecule is CC(=O)NCC1CN(c2cc(F)c(-c3ccc(C4(F)C5COCC54)nc3)cc2F)C(=O)O1. The van der Waals surface area contributed by atoms with Crippen molar-refractivity contribution in [2.45, 2.75) is 18.7 Å². The molecule has 3 heterocycles. The highest BCUT2D eigenvalue weighted by Crippen LogP contribution is 2.63. The van der Waals surface area contributed by atoms with Crippen molar-refractivity contribution < 1.29 is 32.2 Å². The number of amides is 2. The number of carbonyl (C=O) groups excluding carboxylic acids is 2. The lowest BCUT2D eigenvalue weighted by Gasteiger charge is -2.16. The number of cyclic esters (lactones) is 1. The number of rotatable bonds is 5. The maximum atomic E-state index is 15.1. The number of halogens is 3. The van der Waals surface area contributed by atoms with Gasteiger partial charge >= 0.3 is 6.09 Å². The highest BCUT2D eigenvalue weighted by atomic mass is 19.1. The van der Waals surface area contributed by atoms with Crippen molar-refractivity contribution in [3.63, 3.8) is 0 Å². The van der Waals surface area contributed by atoms with E-state index in [-0.39, 0.29) is 53.3 Å². The van der Waals surface area contributed by atoms with E-state index in [4.69, 9.17) is 9.47 Å². The summed E-state index contributed by atoms with van der Waals surface area (Å²) in [5, 5.41) is 2.52. The van der Waals surface area contributed by atoms with E-state index >= 15 is 4.39 Å². The maximum Gasteiger partial charge on any atom is 0.414 e. The lowest BCUT2D eigenvalue weighted by atomic mass is 10.0. The Kier molecular flexibility index (Phi) is 4.85. The zero-order valence-electron chi connectivity index (χ0n) is 17.1. The molecule has 2 amide bonds. The Morgan fingerprint density at radius 2 is 2.00 bits per heavy atom. The summed E-state index contributed by atoms with van der Waals surface area (Å²) in [4.78, 5) is 28.3. The first-order chi connectivity index (χ1) is 15.3. The molecule has 168 valence electrons. The Balaban J connectivity index is 1.35. The van der Waals surface area contributed by atoms with Crippen LogP contribution in [0.3, 0.4) is 0 Å². The third-order valence-electron chi connectivity index (χ3n) is 6.30. The fraction of sp³-hybridized carbons (Fsp3) is 0.409. The average molecular weight is 447 g/mol. The fourth-order valence-corrected chi connectivity index (χ4v) is 4.50. The largest absolute Gasteiger partial charge is 0.442 e. The smallest absolute Gasteiger partial charge is 0.414 e. The number of alkyl halides is 1. The molecule has 1 aromatic carbocycles. The van der Waals surface area contributed by atoms with Gasteiger partial charge in [-0.05, 0) is 12.1 Å². The molecule has 2 aromatic rings. The van der Waals surface area contributed by atoms with Crippen LogP contribution in [0.4, 0.5) is 23.7 Å². The van der Waals surface area contributed by atoms with E-state index < -0.39 is 29.5 Å². The number of nitrogens with one attached hydrogen (secondary N) is 1. The Bertz CT molecular complexity index is 1080. The molecule has 2 saturated heterocycles. The molecule has 0 spiro atoms. The lowest BCUT2D eigenvalue weighted by molar-refractivity contribution is -0.119. The molecule has 3 atom stereocenters. The van der Waals surface area contributed by atoms with E-state index in [1.165, 1.54) is 25.3 Å². The normalized spacial score (nSPS) is 28.4. The molecular weight excluding hydrogens is 427 g/mol. The second-order valence-electron chi connectivity index (χ2n) is 8.29. The monoisotopic (exact) mass is 447 g/mol. The first-order valence-electron chi connectivity index (χ1n) is 10.2. The zero-order valence-corrected chi connectivity index (χ0v) is 17.1. The van der Waals surface area contributed by atoms with Crippen LogP contribution in [-0.4, -0.2) is 49.4 Å². The van der Waals surface area contributed by atoms with E-state index in [1.54, 1.807) is 0 Å². The van der Waals surface area contributed by atoms with Crippen LogP contribution in [0.1, 0.15) is 12.6 Å². The van der Waals surface area contributed by atoms with Crippen LogP contribution in [0.2, 0.25) is 0 Å². The molecule has 1 aliphatic carbocycles. The Hall–Kier alpha value is -3.14. The van der Waals surface area contributed by atoms with Gasteiger partial charge in [-0.1, -0.05) is 6.07 Å². The van der Waals surface area contributed by atoms with Crippen molar-refractivity contribution in [1.82, 2.24) is 10.3 Å². The summed E-state index contributed by atoms with van der Waals surface area (Å²) < 4.78 is 55.1. The first-order valence-corrected chi connectivity index (χ1v) is 10.2. The number of anilines is 1. The number of hydrogen-bond acceptors (Lipinski definition) is 5. The summed E-state index contributed by atoms with van der Waals surface area (Å²) in [5.41, 5.74) is -1.29. The molecule has 32 heavy (non-hydrogen) atoms. The minimum absolute atomic E-state index is 0.0320. The van der Waals surface area contributed by atoms with Crippen LogP contribution in [0.5, 0.6) is 0 Å². The van der Waals surface area contributed by atoms with Crippen molar-refractivity contribution in [2.75, 3.05) is 31.2 Å². The van der Waals surface area contributed by atoms with Gasteiger partial charge in [0.05, 0.1) is 37.7 Å². The van der Waals surface area contributed by atoms with E-state index in [0.29, 0.717) is 13.2 Å². The molecule has 2 aliphatic heterocycles. The van der Waals surface area contributed by atoms with E-state index in [1.807, 2.05) is 0 Å². The molecule has 0 radical (unpaired) electrons. The summed E-state index contributed by atoms with van der Waals surface area (Å²) in [7, 11) is 0. The van der Waals surface area contributed by atoms with Crippen molar-refractivity contribution >= 4 is 17.7 Å². The predicted molar refractivity (Wildman–Crippen MR) is 106 cm³/mol. The summed E-state index contributed by atoms with van der Waals surface area (Å²) in [6, 6.07) is 4.88. The quantitative estimate of drug-likeness (QED) is 0.763. The average Bonchev–Trinajstić information content (AvgIpc) is 3.13. The minimum Gasteiger partial charge on any atom is -0.442 e. The van der Waals surface area contributed by atoms with Gasteiger partial charge < -0.3 is 14.8 Å². The Morgan fingerprint density at radius 3 is 2.66 bits per heavy atom. The van der Waals surface area contributed by atoms with Gasteiger partial charge in [-0.15, -0.1) is 0 Å². The summed E-state index contributed by atoms with van der Waals surface area (Å²) in [5.74, 6) is -2.29. The van der Waals surface area contributed by atoms with Gasteiger partial charge in [0.2, 0.25) is 5.91 Å². The predicted octanol–water partition coefficient (Wildman–Crippen LogP) is 2.93. The van der Waals surface area contributed by atoms with Gasteiger partial charge in [-0.3, -0.25) is 14.7 Å². The number of nitrogens with zero attached hydrogens (tertiary/aromatic N) is 2. The number of hydrogen-bond donors (Lipinski definition) is 1. The van der Waals surface area contributed by atoms with E-state index in [2.05, 4.69) is 10.3 Å². The highest BCUT2D eigenvalue weighted by Gasteiger charge is 2.70. The topological polar surface area (TPSA) is 80.8 Å². The van der Waals surface area contributed by atoms with E-state index in [9.17, 15) is 18.4 Å². The maximum absolute atomic E-state index is 15.1. The first kappa shape index (κ1) is 20.7. The second-order valence-corrected chi connectivity index (χ2v) is 8.29. The summed E-state index contributed by atoms with van der Waals surface area (Å²) in [6.07, 6.45) is -0.188. The number of ether oxygens (including phenoxy) is 2. The molecule has 0 bridgehead atoms. The number of carbonyl (C=O) groups is 2. The van der Waals surface area contributed by atoms with Gasteiger partial charge in [0.1, 0.15) is 17.7 Å². The molecule has 1 saturated carbocycles. The molecule has 5 rings (SSSR count). The van der Waals surface area contributed by atoms with Crippen LogP contribution in [-0.2, 0) is 19.9 Å². The number of fused-ring (bicyclic) bond motifs is 1. The molecule has 3 fully saturated rings. The third-order valence-corrected chi connectivity index (χ3v) is 6.30. The molecule has 3 unspecified atom stereocenters. The standard InChI is InChI=1S/C22H20F3N3O4/c1-11(29)26-7-13-8-28(21(30)32-13)19-5-17(23)14(4-18(19)24)12-2-3-20(27-6-12)22(25)15-9-31-10-16(15)22/h2-6,13,15-16H,7-10H2,1H3,(H,26,29). The van der Waals surface area contributed by atoms with Crippen LogP contribution in [0.15, 0.2) is 30.5 Å². The number of pyridine rings is 1. The summed E-state index contributed by atoms with van der Waals surface area (Å²) in [6.45, 7) is 2.08. The summed E-state index contributed by atoms with van der Waals surface area (Å²) >= 11 is 0. The molecule has 1 aromatic heterocycles. The van der Waals surface area contributed by atoms with Crippen molar-refractivity contribution in [2.24, 2.45) is 11.8 Å². The second kappa shape index (κ2) is 7.47. The molecule has 3 aliphatic rings. The van der Waals surface area contributed by atoms with Crippen molar-refractivity contribution in [3.8, 4) is 11.1 Å². The number of aromatic nitrogens is 1. The van der Waals surface area contributed by atoms with Gasteiger partial charge in [0, 0.05) is 42.1 Å². The van der Waals surface area contributed by atoms with Crippen molar-refractivity contribution in [3.05, 3.63) is 47.8 Å². The van der Waals surface area contributed by atoms with Crippen LogP contribution >= 0.6 is 0 Å². The van der Waals surface area contributed by atoms with Gasteiger partial charge in [0.25, 0.3) is 0 Å². The molecular formula is C22H20F3N3O4. The zero-order chi connectivity index (χ0) is 22.6. The molecule has 1 N–H and O–H groups in total. The third kappa shape index (κ3) is 3.29. The van der Waals surface area contributed by atoms with Crippen LogP contribution in [0.25, 0.3) is 11.1 Å². The van der Waals surface area contributed by atoms with Crippen molar-refractivity contribution in [1.29, 1.82) is 0 Å². The van der Waals surface area contributed by atoms with Gasteiger partial charge in [-0.2, -0.15) is 0 Å². The molecule has 10 heteroatoms.